The van der Waals surface area contributed by atoms with E-state index >= 15 is 0 Å². The molecule has 0 radical (unpaired) electrons. The van der Waals surface area contributed by atoms with Crippen molar-refractivity contribution in [2.24, 2.45) is 46.8 Å². The van der Waals surface area contributed by atoms with Gasteiger partial charge in [-0.15, -0.1) is 0 Å². The Labute approximate surface area is 186 Å². The lowest BCUT2D eigenvalue weighted by Gasteiger charge is -2.24. The van der Waals surface area contributed by atoms with E-state index in [2.05, 4.69) is 62.3 Å². The summed E-state index contributed by atoms with van der Waals surface area (Å²) in [6.45, 7) is 22.1. The molecule has 1 saturated carbocycles. The highest BCUT2D eigenvalue weighted by Crippen LogP contribution is 2.68. The highest BCUT2D eigenvalue weighted by atomic mass is 14.7. The van der Waals surface area contributed by atoms with Crippen molar-refractivity contribution >= 4 is 0 Å². The average molecular weight is 407 g/mol. The van der Waals surface area contributed by atoms with Crippen LogP contribution >= 0.6 is 0 Å². The van der Waals surface area contributed by atoms with Crippen molar-refractivity contribution in [1.82, 2.24) is 0 Å². The summed E-state index contributed by atoms with van der Waals surface area (Å²) in [6.07, 6.45) is 17.1. The van der Waals surface area contributed by atoms with Crippen LogP contribution < -0.4 is 0 Å². The summed E-state index contributed by atoms with van der Waals surface area (Å²) in [5, 5.41) is 0. The van der Waals surface area contributed by atoms with Crippen LogP contribution in [0.2, 0.25) is 0 Å². The fraction of sp³-hybridized carbons (Fsp3) is 1.00. The smallest absolute Gasteiger partial charge is 0.0258 e. The Balaban J connectivity index is 2.61. The second kappa shape index (κ2) is 13.4. The molecule has 0 heteroatoms. The van der Waals surface area contributed by atoms with Crippen LogP contribution in [-0.2, 0) is 0 Å². The lowest BCUT2D eigenvalue weighted by Crippen LogP contribution is -2.13. The van der Waals surface area contributed by atoms with Gasteiger partial charge in [-0.3, -0.25) is 0 Å². The van der Waals surface area contributed by atoms with Crippen LogP contribution in [0.5, 0.6) is 0 Å². The molecule has 29 heavy (non-hydrogen) atoms. The molecular formula is C29H58. The van der Waals surface area contributed by atoms with Crippen LogP contribution in [0.4, 0.5) is 0 Å². The van der Waals surface area contributed by atoms with E-state index in [1.54, 1.807) is 0 Å². The zero-order chi connectivity index (χ0) is 22.0. The molecular weight excluding hydrogens is 348 g/mol. The summed E-state index contributed by atoms with van der Waals surface area (Å²) in [5.74, 6) is 6.71. The van der Waals surface area contributed by atoms with Gasteiger partial charge in [0, 0.05) is 0 Å². The van der Waals surface area contributed by atoms with Gasteiger partial charge in [-0.2, -0.15) is 0 Å². The molecule has 6 unspecified atom stereocenters. The Bertz CT molecular complexity index is 404. The Morgan fingerprint density at radius 3 is 1.83 bits per heavy atom. The Morgan fingerprint density at radius 1 is 0.724 bits per heavy atom. The third kappa shape index (κ3) is 7.57. The van der Waals surface area contributed by atoms with Gasteiger partial charge in [0.1, 0.15) is 0 Å². The Morgan fingerprint density at radius 2 is 1.34 bits per heavy atom. The van der Waals surface area contributed by atoms with E-state index in [4.69, 9.17) is 0 Å². The normalized spacial score (nSPS) is 27.4. The van der Waals surface area contributed by atoms with Crippen LogP contribution in [0.25, 0.3) is 0 Å². The van der Waals surface area contributed by atoms with Crippen molar-refractivity contribution in [3.63, 3.8) is 0 Å². The van der Waals surface area contributed by atoms with Crippen molar-refractivity contribution in [2.75, 3.05) is 0 Å². The van der Waals surface area contributed by atoms with E-state index in [0.717, 1.165) is 41.4 Å². The monoisotopic (exact) mass is 406 g/mol. The molecule has 0 aliphatic heterocycles. The van der Waals surface area contributed by atoms with Gasteiger partial charge >= 0.3 is 0 Å². The quantitative estimate of drug-likeness (QED) is 0.225. The molecule has 1 aliphatic carbocycles. The Hall–Kier alpha value is 0. The second-order valence-corrected chi connectivity index (χ2v) is 11.3. The van der Waals surface area contributed by atoms with Crippen molar-refractivity contribution in [3.05, 3.63) is 0 Å². The minimum absolute atomic E-state index is 0.642. The molecule has 0 spiro atoms. The van der Waals surface area contributed by atoms with Gasteiger partial charge in [0.25, 0.3) is 0 Å². The van der Waals surface area contributed by atoms with Gasteiger partial charge in [-0.25, -0.2) is 0 Å². The lowest BCUT2D eigenvalue weighted by molar-refractivity contribution is 0.271. The van der Waals surface area contributed by atoms with Crippen LogP contribution in [0.1, 0.15) is 139 Å². The van der Waals surface area contributed by atoms with Crippen molar-refractivity contribution in [1.29, 1.82) is 0 Å². The molecule has 1 fully saturated rings. The summed E-state index contributed by atoms with van der Waals surface area (Å²) in [5.41, 5.74) is 0.642. The zero-order valence-corrected chi connectivity index (χ0v) is 22.0. The maximum absolute atomic E-state index is 2.66. The van der Waals surface area contributed by atoms with Crippen molar-refractivity contribution in [2.45, 2.75) is 139 Å². The van der Waals surface area contributed by atoms with Gasteiger partial charge in [0.05, 0.1) is 0 Å². The third-order valence-corrected chi connectivity index (χ3v) is 9.58. The number of hydrogen-bond donors (Lipinski definition) is 0. The van der Waals surface area contributed by atoms with Crippen LogP contribution in [0.15, 0.2) is 0 Å². The van der Waals surface area contributed by atoms with Crippen molar-refractivity contribution < 1.29 is 0 Å². The van der Waals surface area contributed by atoms with E-state index in [-0.39, 0.29) is 0 Å². The molecule has 6 atom stereocenters. The van der Waals surface area contributed by atoms with Gasteiger partial charge in [-0.1, -0.05) is 120 Å². The topological polar surface area (TPSA) is 0 Å². The first kappa shape index (κ1) is 27.0. The third-order valence-electron chi connectivity index (χ3n) is 9.58. The van der Waals surface area contributed by atoms with E-state index in [9.17, 15) is 0 Å². The fourth-order valence-corrected chi connectivity index (χ4v) is 7.00. The minimum atomic E-state index is 0.642. The maximum Gasteiger partial charge on any atom is -0.0258 e. The van der Waals surface area contributed by atoms with E-state index in [1.807, 2.05) is 0 Å². The largest absolute Gasteiger partial charge is 0.0651 e. The summed E-state index contributed by atoms with van der Waals surface area (Å²) in [6, 6.07) is 0. The highest BCUT2D eigenvalue weighted by molar-refractivity contribution is 5.10. The van der Waals surface area contributed by atoms with Crippen LogP contribution in [0, 0.1) is 46.8 Å². The highest BCUT2D eigenvalue weighted by Gasteiger charge is 2.61. The first-order valence-electron chi connectivity index (χ1n) is 13.8. The van der Waals surface area contributed by atoms with E-state index < -0.39 is 0 Å². The van der Waals surface area contributed by atoms with E-state index in [1.165, 1.54) is 77.0 Å². The summed E-state index contributed by atoms with van der Waals surface area (Å²) >= 11 is 0. The van der Waals surface area contributed by atoms with Gasteiger partial charge in [0.2, 0.25) is 0 Å². The van der Waals surface area contributed by atoms with E-state index in [0.29, 0.717) is 5.41 Å². The average Bonchev–Trinajstić information content (AvgIpc) is 3.29. The molecule has 174 valence electrons. The summed E-state index contributed by atoms with van der Waals surface area (Å²) in [4.78, 5) is 0. The first-order valence-corrected chi connectivity index (χ1v) is 13.8. The molecule has 0 N–H and O–H groups in total. The molecule has 0 saturated heterocycles. The van der Waals surface area contributed by atoms with Crippen LogP contribution in [0.3, 0.4) is 0 Å². The summed E-state index contributed by atoms with van der Waals surface area (Å²) in [7, 11) is 0. The number of hydrogen-bond acceptors (Lipinski definition) is 0. The number of rotatable bonds is 17. The SMILES string of the molecule is CCC(C)CC1(C)C(CCC(CC)C(C)CCCC(CC)CC)C1C(CC)CC. The lowest BCUT2D eigenvalue weighted by atomic mass is 9.82. The summed E-state index contributed by atoms with van der Waals surface area (Å²) < 4.78 is 0. The Kier molecular flexibility index (Phi) is 12.5. The predicted octanol–water partition coefficient (Wildman–Crippen LogP) is 10.2. The van der Waals surface area contributed by atoms with Gasteiger partial charge in [-0.05, 0) is 66.1 Å². The molecule has 0 bridgehead atoms. The zero-order valence-electron chi connectivity index (χ0n) is 22.0. The van der Waals surface area contributed by atoms with Crippen molar-refractivity contribution in [3.8, 4) is 0 Å². The molecule has 0 nitrogen and oxygen atoms in total. The maximum atomic E-state index is 2.66. The van der Waals surface area contributed by atoms with Gasteiger partial charge < -0.3 is 0 Å². The molecule has 0 aromatic carbocycles. The first-order chi connectivity index (χ1) is 13.8. The van der Waals surface area contributed by atoms with Gasteiger partial charge in [0.15, 0.2) is 0 Å². The predicted molar refractivity (Wildman–Crippen MR) is 133 cm³/mol. The molecule has 0 amide bonds. The molecule has 0 aromatic rings. The molecule has 0 heterocycles. The standard InChI is InChI=1S/C29H58/c1-10-22(7)21-29(9)27(28(29)25(13-4)14-5)20-19-26(15-6)23(8)17-16-18-24(11-2)12-3/h22-28H,10-21H2,1-9H3. The molecule has 1 aliphatic rings. The molecule has 1 rings (SSSR count). The second-order valence-electron chi connectivity index (χ2n) is 11.3. The molecule has 0 aromatic heterocycles. The minimum Gasteiger partial charge on any atom is -0.0651 e. The fourth-order valence-electron chi connectivity index (χ4n) is 7.00. The van der Waals surface area contributed by atoms with Crippen LogP contribution in [-0.4, -0.2) is 0 Å².